The van der Waals surface area contributed by atoms with Crippen molar-refractivity contribution < 1.29 is 29.2 Å². The molecule has 6 heteroatoms. The minimum atomic E-state index is -0.218. The van der Waals surface area contributed by atoms with Crippen LogP contribution in [0.2, 0.25) is 0 Å². The third-order valence-electron chi connectivity index (χ3n) is 3.50. The molecule has 2 rings (SSSR count). The Morgan fingerprint density at radius 2 is 1.11 bits per heavy atom. The number of hydrogen-bond donors (Lipinski definition) is 2. The molecule has 2 fully saturated rings. The van der Waals surface area contributed by atoms with Crippen molar-refractivity contribution in [2.75, 3.05) is 39.6 Å². The topological polar surface area (TPSA) is 77.4 Å². The average Bonchev–Trinajstić information content (AvgIpc) is 2.46. The Labute approximate surface area is 113 Å². The van der Waals surface area contributed by atoms with Crippen LogP contribution in [-0.2, 0) is 18.9 Å². The maximum Gasteiger partial charge on any atom is 0.157 e. The van der Waals surface area contributed by atoms with Crippen molar-refractivity contribution in [3.8, 4) is 0 Å². The van der Waals surface area contributed by atoms with E-state index in [0.717, 1.165) is 0 Å². The van der Waals surface area contributed by atoms with Crippen LogP contribution in [0.25, 0.3) is 0 Å². The van der Waals surface area contributed by atoms with Crippen molar-refractivity contribution in [3.63, 3.8) is 0 Å². The molecule has 2 saturated heterocycles. The van der Waals surface area contributed by atoms with E-state index in [9.17, 15) is 0 Å². The number of rotatable bonds is 6. The van der Waals surface area contributed by atoms with Gasteiger partial charge in [-0.1, -0.05) is 0 Å². The zero-order valence-electron chi connectivity index (χ0n) is 11.3. The maximum atomic E-state index is 8.77. The zero-order chi connectivity index (χ0) is 13.6. The zero-order valence-corrected chi connectivity index (χ0v) is 11.3. The highest BCUT2D eigenvalue weighted by Gasteiger charge is 2.41. The summed E-state index contributed by atoms with van der Waals surface area (Å²) in [5.74, 6) is 0. The molecule has 112 valence electrons. The summed E-state index contributed by atoms with van der Waals surface area (Å²) in [6, 6.07) is 0. The summed E-state index contributed by atoms with van der Waals surface area (Å²) in [5, 5.41) is 17.5. The second-order valence-corrected chi connectivity index (χ2v) is 5.33. The standard InChI is InChI=1S/C13H24O6/c14-5-1-3-11-16-7-13(8-17-11)9-18-12(19-10-13)4-2-6-15/h11-12,14-15H,1-10H2. The van der Waals surface area contributed by atoms with Crippen LogP contribution in [0.3, 0.4) is 0 Å². The molecule has 2 heterocycles. The van der Waals surface area contributed by atoms with E-state index < -0.39 is 0 Å². The van der Waals surface area contributed by atoms with Crippen molar-refractivity contribution in [3.05, 3.63) is 0 Å². The Morgan fingerprint density at radius 1 is 0.737 bits per heavy atom. The van der Waals surface area contributed by atoms with Gasteiger partial charge in [-0.3, -0.25) is 0 Å². The fourth-order valence-corrected chi connectivity index (χ4v) is 2.27. The average molecular weight is 276 g/mol. The van der Waals surface area contributed by atoms with Gasteiger partial charge in [-0.15, -0.1) is 0 Å². The molecule has 0 aromatic heterocycles. The molecular weight excluding hydrogens is 252 g/mol. The Balaban J connectivity index is 1.69. The molecule has 0 saturated carbocycles. The Hall–Kier alpha value is -0.240. The van der Waals surface area contributed by atoms with Crippen molar-refractivity contribution in [1.82, 2.24) is 0 Å². The molecule has 2 N–H and O–H groups in total. The lowest BCUT2D eigenvalue weighted by Gasteiger charge is -2.43. The predicted octanol–water partition coefficient (Wildman–Crippen LogP) is 0.264. The summed E-state index contributed by atoms with van der Waals surface area (Å²) < 4.78 is 22.6. The predicted molar refractivity (Wildman–Crippen MR) is 66.5 cm³/mol. The number of hydrogen-bond acceptors (Lipinski definition) is 6. The molecule has 0 amide bonds. The van der Waals surface area contributed by atoms with Gasteiger partial charge < -0.3 is 29.2 Å². The van der Waals surface area contributed by atoms with Gasteiger partial charge in [0.1, 0.15) is 0 Å². The summed E-state index contributed by atoms with van der Waals surface area (Å²) in [7, 11) is 0. The van der Waals surface area contributed by atoms with Gasteiger partial charge in [0, 0.05) is 26.1 Å². The van der Waals surface area contributed by atoms with E-state index >= 15 is 0 Å². The van der Waals surface area contributed by atoms with E-state index in [1.807, 2.05) is 0 Å². The Bertz CT molecular complexity index is 214. The lowest BCUT2D eigenvalue weighted by Crippen LogP contribution is -2.52. The van der Waals surface area contributed by atoms with Gasteiger partial charge in [-0.25, -0.2) is 0 Å². The smallest absolute Gasteiger partial charge is 0.157 e. The van der Waals surface area contributed by atoms with E-state index in [2.05, 4.69) is 0 Å². The van der Waals surface area contributed by atoms with Gasteiger partial charge in [0.15, 0.2) is 12.6 Å². The van der Waals surface area contributed by atoms with Crippen molar-refractivity contribution in [2.45, 2.75) is 38.3 Å². The first-order valence-corrected chi connectivity index (χ1v) is 6.96. The molecule has 2 aliphatic heterocycles. The van der Waals surface area contributed by atoms with Crippen LogP contribution in [-0.4, -0.2) is 62.4 Å². The van der Waals surface area contributed by atoms with Crippen LogP contribution < -0.4 is 0 Å². The monoisotopic (exact) mass is 276 g/mol. The van der Waals surface area contributed by atoms with E-state index in [0.29, 0.717) is 52.1 Å². The highest BCUT2D eigenvalue weighted by Crippen LogP contribution is 2.31. The second kappa shape index (κ2) is 7.52. The van der Waals surface area contributed by atoms with Gasteiger partial charge >= 0.3 is 0 Å². The quantitative estimate of drug-likeness (QED) is 0.725. The Morgan fingerprint density at radius 3 is 1.42 bits per heavy atom. The highest BCUT2D eigenvalue weighted by atomic mass is 16.7. The SMILES string of the molecule is OCCCC1OCC2(CO1)COC(CCCO)OC2. The van der Waals surface area contributed by atoms with Crippen LogP contribution in [0, 0.1) is 5.41 Å². The molecule has 2 aliphatic rings. The van der Waals surface area contributed by atoms with Crippen molar-refractivity contribution in [2.24, 2.45) is 5.41 Å². The van der Waals surface area contributed by atoms with Crippen LogP contribution >= 0.6 is 0 Å². The minimum absolute atomic E-state index is 0.160. The molecule has 0 aliphatic carbocycles. The summed E-state index contributed by atoms with van der Waals surface area (Å²) in [6.07, 6.45) is 2.37. The molecule has 6 nitrogen and oxygen atoms in total. The van der Waals surface area contributed by atoms with Gasteiger partial charge in [0.2, 0.25) is 0 Å². The maximum absolute atomic E-state index is 8.77. The van der Waals surface area contributed by atoms with E-state index in [1.54, 1.807) is 0 Å². The number of ether oxygens (including phenoxy) is 4. The molecule has 0 unspecified atom stereocenters. The van der Waals surface area contributed by atoms with Crippen LogP contribution in [0.5, 0.6) is 0 Å². The lowest BCUT2D eigenvalue weighted by atomic mass is 9.90. The molecule has 0 aromatic carbocycles. The van der Waals surface area contributed by atoms with Crippen molar-refractivity contribution in [1.29, 1.82) is 0 Å². The minimum Gasteiger partial charge on any atom is -0.396 e. The Kier molecular flexibility index (Phi) is 6.00. The van der Waals surface area contributed by atoms with E-state index in [4.69, 9.17) is 29.2 Å². The van der Waals surface area contributed by atoms with Crippen LogP contribution in [0.4, 0.5) is 0 Å². The summed E-state index contributed by atoms with van der Waals surface area (Å²) in [6.45, 7) is 2.58. The molecular formula is C13H24O6. The fraction of sp³-hybridized carbons (Fsp3) is 1.00. The van der Waals surface area contributed by atoms with Crippen LogP contribution in [0.1, 0.15) is 25.7 Å². The summed E-state index contributed by atoms with van der Waals surface area (Å²) >= 11 is 0. The summed E-state index contributed by atoms with van der Waals surface area (Å²) in [4.78, 5) is 0. The summed E-state index contributed by atoms with van der Waals surface area (Å²) in [5.41, 5.74) is -0.203. The number of aliphatic hydroxyl groups is 2. The molecule has 0 aromatic rings. The number of aliphatic hydroxyl groups excluding tert-OH is 2. The van der Waals surface area contributed by atoms with Gasteiger partial charge in [-0.05, 0) is 12.8 Å². The normalized spacial score (nSPS) is 35.7. The molecule has 0 atom stereocenters. The van der Waals surface area contributed by atoms with Gasteiger partial charge in [0.25, 0.3) is 0 Å². The van der Waals surface area contributed by atoms with E-state index in [-0.39, 0.29) is 31.2 Å². The van der Waals surface area contributed by atoms with Gasteiger partial charge in [-0.2, -0.15) is 0 Å². The van der Waals surface area contributed by atoms with E-state index in [1.165, 1.54) is 0 Å². The van der Waals surface area contributed by atoms with Crippen LogP contribution in [0.15, 0.2) is 0 Å². The third-order valence-corrected chi connectivity index (χ3v) is 3.50. The molecule has 0 bridgehead atoms. The first kappa shape index (κ1) is 15.2. The first-order chi connectivity index (χ1) is 9.28. The third kappa shape index (κ3) is 4.37. The lowest BCUT2D eigenvalue weighted by molar-refractivity contribution is -0.304. The first-order valence-electron chi connectivity index (χ1n) is 6.96. The van der Waals surface area contributed by atoms with Gasteiger partial charge in [0.05, 0.1) is 31.8 Å². The largest absolute Gasteiger partial charge is 0.396 e. The molecule has 19 heavy (non-hydrogen) atoms. The second-order valence-electron chi connectivity index (χ2n) is 5.33. The fourth-order valence-electron chi connectivity index (χ4n) is 2.27. The highest BCUT2D eigenvalue weighted by molar-refractivity contribution is 4.84. The molecule has 1 spiro atoms. The molecule has 0 radical (unpaired) electrons. The van der Waals surface area contributed by atoms with Crippen molar-refractivity contribution >= 4 is 0 Å².